The average Bonchev–Trinajstić information content (AvgIpc) is 2.94. The molecule has 1 unspecified atom stereocenters. The Hall–Kier alpha value is -2.04. The molecule has 1 aliphatic heterocycles. The van der Waals surface area contributed by atoms with Gasteiger partial charge in [-0.25, -0.2) is 9.59 Å². The zero-order chi connectivity index (χ0) is 14.7. The van der Waals surface area contributed by atoms with Crippen molar-refractivity contribution in [3.63, 3.8) is 0 Å². The summed E-state index contributed by atoms with van der Waals surface area (Å²) in [4.78, 5) is 26.9. The fraction of sp³-hybridized carbons (Fsp3) is 0.467. The van der Waals surface area contributed by atoms with E-state index in [1.807, 2.05) is 0 Å². The molecule has 0 radical (unpaired) electrons. The maximum absolute atomic E-state index is 12.4. The van der Waals surface area contributed by atoms with Gasteiger partial charge in [-0.05, 0) is 24.5 Å². The van der Waals surface area contributed by atoms with Crippen LogP contribution in [0, 0.1) is 5.92 Å². The molecule has 0 bridgehead atoms. The van der Waals surface area contributed by atoms with Gasteiger partial charge in [0.25, 0.3) is 0 Å². The predicted octanol–water partition coefficient (Wildman–Crippen LogP) is 2.67. The highest BCUT2D eigenvalue weighted by molar-refractivity contribution is 6.01. The predicted molar refractivity (Wildman–Crippen MR) is 77.2 cm³/mol. The minimum absolute atomic E-state index is 0.130. The minimum atomic E-state index is -1.02. The van der Waals surface area contributed by atoms with Crippen LogP contribution in [0.5, 0.6) is 0 Å². The van der Waals surface area contributed by atoms with Crippen LogP contribution < -0.4 is 4.90 Å². The number of aromatic carboxylic acids is 1. The number of carboxylic acid groups (broad SMARTS) is 1. The molecule has 0 saturated carbocycles. The zero-order valence-electron chi connectivity index (χ0n) is 11.9. The van der Waals surface area contributed by atoms with Gasteiger partial charge < -0.3 is 10.0 Å². The van der Waals surface area contributed by atoms with E-state index < -0.39 is 5.97 Å². The first-order valence-corrected chi connectivity index (χ1v) is 6.89. The Morgan fingerprint density at radius 3 is 2.70 bits per heavy atom. The van der Waals surface area contributed by atoms with Crippen molar-refractivity contribution in [3.05, 3.63) is 29.8 Å². The topological polar surface area (TPSA) is 60.9 Å². The first-order chi connectivity index (χ1) is 9.54. The highest BCUT2D eigenvalue weighted by Gasteiger charge is 2.28. The quantitative estimate of drug-likeness (QED) is 0.923. The van der Waals surface area contributed by atoms with Crippen molar-refractivity contribution in [2.75, 3.05) is 25.0 Å². The second-order valence-electron chi connectivity index (χ2n) is 5.17. The van der Waals surface area contributed by atoms with Gasteiger partial charge in [0.1, 0.15) is 0 Å². The molecule has 2 amide bonds. The van der Waals surface area contributed by atoms with E-state index in [9.17, 15) is 14.7 Å². The second kappa shape index (κ2) is 5.94. The fourth-order valence-electron chi connectivity index (χ4n) is 2.60. The Kier molecular flexibility index (Phi) is 4.27. The molecule has 5 heteroatoms. The molecule has 0 aromatic heterocycles. The third-order valence-corrected chi connectivity index (χ3v) is 3.92. The lowest BCUT2D eigenvalue weighted by atomic mass is 10.1. The third-order valence-electron chi connectivity index (χ3n) is 3.92. The van der Waals surface area contributed by atoms with Crippen LogP contribution in [-0.4, -0.2) is 42.1 Å². The lowest BCUT2D eigenvalue weighted by Crippen LogP contribution is -2.40. The number of rotatable bonds is 3. The highest BCUT2D eigenvalue weighted by Crippen LogP contribution is 2.24. The second-order valence-corrected chi connectivity index (χ2v) is 5.17. The average molecular weight is 276 g/mol. The number of carbonyl (C=O) groups excluding carboxylic acids is 1. The van der Waals surface area contributed by atoms with Gasteiger partial charge in [0.05, 0.1) is 11.3 Å². The summed E-state index contributed by atoms with van der Waals surface area (Å²) in [7, 11) is 1.63. The summed E-state index contributed by atoms with van der Waals surface area (Å²) in [5.41, 5.74) is 0.583. The van der Waals surface area contributed by atoms with Crippen molar-refractivity contribution in [2.45, 2.75) is 19.8 Å². The number of hydrogen-bond donors (Lipinski definition) is 1. The van der Waals surface area contributed by atoms with Gasteiger partial charge in [-0.3, -0.25) is 4.90 Å². The van der Waals surface area contributed by atoms with Gasteiger partial charge in [0.15, 0.2) is 0 Å². The Balaban J connectivity index is 2.17. The molecular weight excluding hydrogens is 256 g/mol. The van der Waals surface area contributed by atoms with Crippen molar-refractivity contribution < 1.29 is 14.7 Å². The lowest BCUT2D eigenvalue weighted by Gasteiger charge is -2.25. The molecule has 1 N–H and O–H groups in total. The number of hydrogen-bond acceptors (Lipinski definition) is 2. The molecule has 0 spiro atoms. The number of urea groups is 1. The molecular formula is C15H20N2O3. The molecule has 1 saturated heterocycles. The Labute approximate surface area is 118 Å². The van der Waals surface area contributed by atoms with Gasteiger partial charge in [0, 0.05) is 20.1 Å². The van der Waals surface area contributed by atoms with E-state index in [1.165, 1.54) is 11.0 Å². The van der Waals surface area contributed by atoms with Crippen LogP contribution >= 0.6 is 0 Å². The lowest BCUT2D eigenvalue weighted by molar-refractivity contribution is 0.0697. The number of likely N-dealkylation sites (tertiary alicyclic amines) is 1. The van der Waals surface area contributed by atoms with Crippen LogP contribution in [-0.2, 0) is 0 Å². The number of para-hydroxylation sites is 1. The van der Waals surface area contributed by atoms with Crippen molar-refractivity contribution in [3.8, 4) is 0 Å². The monoisotopic (exact) mass is 276 g/mol. The minimum Gasteiger partial charge on any atom is -0.478 e. The largest absolute Gasteiger partial charge is 0.478 e. The van der Waals surface area contributed by atoms with Crippen molar-refractivity contribution >= 4 is 17.7 Å². The van der Waals surface area contributed by atoms with E-state index in [0.717, 1.165) is 25.9 Å². The molecule has 0 aliphatic carbocycles. The van der Waals surface area contributed by atoms with Gasteiger partial charge >= 0.3 is 12.0 Å². The molecule has 1 aliphatic rings. The number of anilines is 1. The summed E-state index contributed by atoms with van der Waals surface area (Å²) in [5.74, 6) is -0.463. The molecule has 1 aromatic rings. The van der Waals surface area contributed by atoms with Crippen molar-refractivity contribution in [1.29, 1.82) is 0 Å². The van der Waals surface area contributed by atoms with E-state index in [1.54, 1.807) is 30.1 Å². The summed E-state index contributed by atoms with van der Waals surface area (Å²) >= 11 is 0. The number of carbonyl (C=O) groups is 2. The first-order valence-electron chi connectivity index (χ1n) is 6.89. The van der Waals surface area contributed by atoms with Crippen LogP contribution in [0.1, 0.15) is 30.1 Å². The summed E-state index contributed by atoms with van der Waals surface area (Å²) in [6, 6.07) is 6.45. The molecule has 1 aromatic carbocycles. The number of carboxylic acids is 1. The Bertz CT molecular complexity index is 516. The van der Waals surface area contributed by atoms with Crippen LogP contribution in [0.25, 0.3) is 0 Å². The van der Waals surface area contributed by atoms with Crippen molar-refractivity contribution in [1.82, 2.24) is 4.90 Å². The molecule has 5 nitrogen and oxygen atoms in total. The maximum atomic E-state index is 12.4. The molecule has 20 heavy (non-hydrogen) atoms. The van der Waals surface area contributed by atoms with Crippen LogP contribution in [0.2, 0.25) is 0 Å². The van der Waals surface area contributed by atoms with E-state index >= 15 is 0 Å². The van der Waals surface area contributed by atoms with E-state index in [2.05, 4.69) is 6.92 Å². The Morgan fingerprint density at radius 2 is 2.10 bits per heavy atom. The van der Waals surface area contributed by atoms with Gasteiger partial charge in [-0.15, -0.1) is 0 Å². The zero-order valence-corrected chi connectivity index (χ0v) is 11.9. The molecule has 1 atom stereocenters. The number of nitrogens with zero attached hydrogens (tertiary/aromatic N) is 2. The summed E-state index contributed by atoms with van der Waals surface area (Å²) in [6.45, 7) is 3.63. The maximum Gasteiger partial charge on any atom is 0.337 e. The SMILES string of the molecule is CCC1CCN(C(=O)N(C)c2ccccc2C(=O)O)C1. The van der Waals surface area contributed by atoms with Crippen LogP contribution in [0.4, 0.5) is 10.5 Å². The molecule has 1 heterocycles. The Morgan fingerprint density at radius 1 is 1.40 bits per heavy atom. The van der Waals surface area contributed by atoms with Gasteiger partial charge in [-0.1, -0.05) is 25.5 Å². The summed E-state index contributed by atoms with van der Waals surface area (Å²) in [5, 5.41) is 9.19. The van der Waals surface area contributed by atoms with Crippen LogP contribution in [0.3, 0.4) is 0 Å². The standard InChI is InChI=1S/C15H20N2O3/c1-3-11-8-9-17(10-11)15(20)16(2)13-7-5-4-6-12(13)14(18)19/h4-7,11H,3,8-10H2,1-2H3,(H,18,19). The van der Waals surface area contributed by atoms with Crippen molar-refractivity contribution in [2.24, 2.45) is 5.92 Å². The fourth-order valence-corrected chi connectivity index (χ4v) is 2.60. The van der Waals surface area contributed by atoms with Gasteiger partial charge in [-0.2, -0.15) is 0 Å². The van der Waals surface area contributed by atoms with E-state index in [4.69, 9.17) is 0 Å². The smallest absolute Gasteiger partial charge is 0.337 e. The molecule has 2 rings (SSSR count). The number of benzene rings is 1. The molecule has 1 fully saturated rings. The van der Waals surface area contributed by atoms with Gasteiger partial charge in [0.2, 0.25) is 0 Å². The first kappa shape index (κ1) is 14.4. The highest BCUT2D eigenvalue weighted by atomic mass is 16.4. The van der Waals surface area contributed by atoms with Crippen LogP contribution in [0.15, 0.2) is 24.3 Å². The summed E-state index contributed by atoms with van der Waals surface area (Å²) in [6.07, 6.45) is 2.09. The summed E-state index contributed by atoms with van der Waals surface area (Å²) < 4.78 is 0. The van der Waals surface area contributed by atoms with E-state index in [-0.39, 0.29) is 11.6 Å². The number of amides is 2. The third kappa shape index (κ3) is 2.76. The molecule has 108 valence electrons. The normalized spacial score (nSPS) is 18.1. The van der Waals surface area contributed by atoms with E-state index in [0.29, 0.717) is 11.6 Å².